The highest BCUT2D eigenvalue weighted by Crippen LogP contribution is 2.40. The highest BCUT2D eigenvalue weighted by Gasteiger charge is 2.31. The molecule has 0 aliphatic heterocycles. The van der Waals surface area contributed by atoms with Crippen LogP contribution in [-0.2, 0) is 19.3 Å². The quantitative estimate of drug-likeness (QED) is 0.829. The highest BCUT2D eigenvalue weighted by molar-refractivity contribution is 7.11. The molecule has 25 heavy (non-hydrogen) atoms. The van der Waals surface area contributed by atoms with Crippen molar-refractivity contribution in [1.29, 1.82) is 0 Å². The molecule has 4 rings (SSSR count). The summed E-state index contributed by atoms with van der Waals surface area (Å²) in [4.78, 5) is 18.4. The first-order valence-corrected chi connectivity index (χ1v) is 10.00. The fraction of sp³-hybridized carbons (Fsp3) is 0.611. The average Bonchev–Trinajstić information content (AvgIpc) is 3.09. The molecule has 2 N–H and O–H groups in total. The van der Waals surface area contributed by atoms with E-state index in [1.807, 2.05) is 17.8 Å². The van der Waals surface area contributed by atoms with Crippen molar-refractivity contribution in [3.63, 3.8) is 0 Å². The molecule has 0 spiro atoms. The molecular formula is C18H25N5OS. The maximum Gasteiger partial charge on any atom is 0.320 e. The van der Waals surface area contributed by atoms with Crippen LogP contribution in [-0.4, -0.2) is 27.3 Å². The largest absolute Gasteiger partial charge is 0.337 e. The van der Waals surface area contributed by atoms with Gasteiger partial charge in [-0.05, 0) is 51.9 Å². The SMILES string of the molecule is Cc1cnn([C@H](C)C2CC2)c1NC(=O)NCCc1nc2c(s1)CCC2. The van der Waals surface area contributed by atoms with Gasteiger partial charge in [-0.2, -0.15) is 5.10 Å². The van der Waals surface area contributed by atoms with Crippen LogP contribution in [0.2, 0.25) is 0 Å². The molecular weight excluding hydrogens is 334 g/mol. The molecule has 0 bridgehead atoms. The number of urea groups is 1. The van der Waals surface area contributed by atoms with E-state index in [-0.39, 0.29) is 6.03 Å². The second-order valence-corrected chi connectivity index (χ2v) is 8.33. The molecule has 0 aromatic carbocycles. The van der Waals surface area contributed by atoms with Crippen molar-refractivity contribution in [2.45, 2.75) is 58.4 Å². The lowest BCUT2D eigenvalue weighted by atomic mass is 10.2. The minimum Gasteiger partial charge on any atom is -0.337 e. The number of aryl methyl sites for hydroxylation is 3. The molecule has 2 heterocycles. The lowest BCUT2D eigenvalue weighted by molar-refractivity contribution is 0.252. The Morgan fingerprint density at radius 1 is 1.44 bits per heavy atom. The number of amides is 2. The van der Waals surface area contributed by atoms with Crippen molar-refractivity contribution in [3.05, 3.63) is 27.3 Å². The number of carbonyl (C=O) groups is 1. The minimum atomic E-state index is -0.169. The van der Waals surface area contributed by atoms with Crippen molar-refractivity contribution in [2.75, 3.05) is 11.9 Å². The van der Waals surface area contributed by atoms with Crippen LogP contribution in [0.25, 0.3) is 0 Å². The first-order chi connectivity index (χ1) is 12.1. The number of thiazole rings is 1. The van der Waals surface area contributed by atoms with Gasteiger partial charge in [0.1, 0.15) is 5.82 Å². The molecule has 2 aliphatic carbocycles. The van der Waals surface area contributed by atoms with E-state index >= 15 is 0 Å². The Hall–Kier alpha value is -1.89. The number of nitrogens with zero attached hydrogens (tertiary/aromatic N) is 3. The van der Waals surface area contributed by atoms with Gasteiger partial charge in [-0.3, -0.25) is 5.32 Å². The Kier molecular flexibility index (Phi) is 4.50. The standard InChI is InChI=1S/C18H25N5OS/c1-11-10-20-23(12(2)13-6-7-13)17(11)22-18(24)19-9-8-16-21-14-4-3-5-15(14)25-16/h10,12-13H,3-9H2,1-2H3,(H2,19,22,24)/t12-/m1/s1. The second-order valence-electron chi connectivity index (χ2n) is 7.16. The molecule has 1 fully saturated rings. The monoisotopic (exact) mass is 359 g/mol. The zero-order valence-corrected chi connectivity index (χ0v) is 15.7. The summed E-state index contributed by atoms with van der Waals surface area (Å²) < 4.78 is 1.96. The van der Waals surface area contributed by atoms with E-state index in [9.17, 15) is 4.79 Å². The molecule has 134 valence electrons. The number of hydrogen-bond acceptors (Lipinski definition) is 4. The van der Waals surface area contributed by atoms with Crippen LogP contribution in [0.3, 0.4) is 0 Å². The summed E-state index contributed by atoms with van der Waals surface area (Å²) in [5.41, 5.74) is 2.28. The minimum absolute atomic E-state index is 0.169. The normalized spacial score (nSPS) is 17.4. The van der Waals surface area contributed by atoms with Crippen LogP contribution in [0.4, 0.5) is 10.6 Å². The summed E-state index contributed by atoms with van der Waals surface area (Å²) in [5, 5.41) is 11.5. The van der Waals surface area contributed by atoms with Gasteiger partial charge in [-0.1, -0.05) is 0 Å². The van der Waals surface area contributed by atoms with E-state index in [4.69, 9.17) is 0 Å². The van der Waals surface area contributed by atoms with Gasteiger partial charge in [-0.15, -0.1) is 11.3 Å². The van der Waals surface area contributed by atoms with Gasteiger partial charge in [0.2, 0.25) is 0 Å². The third-order valence-electron chi connectivity index (χ3n) is 5.16. The topological polar surface area (TPSA) is 71.8 Å². The first kappa shape index (κ1) is 16.6. The molecule has 1 atom stereocenters. The number of carbonyl (C=O) groups excluding carboxylic acids is 1. The van der Waals surface area contributed by atoms with Crippen molar-refractivity contribution < 1.29 is 4.79 Å². The molecule has 7 heteroatoms. The summed E-state index contributed by atoms with van der Waals surface area (Å²) in [6.45, 7) is 4.76. The predicted molar refractivity (Wildman–Crippen MR) is 99.3 cm³/mol. The van der Waals surface area contributed by atoms with Crippen LogP contribution in [0, 0.1) is 12.8 Å². The summed E-state index contributed by atoms with van der Waals surface area (Å²) in [6.07, 6.45) is 8.65. The fourth-order valence-electron chi connectivity index (χ4n) is 3.48. The average molecular weight is 359 g/mol. The summed E-state index contributed by atoms with van der Waals surface area (Å²) in [5.74, 6) is 1.50. The molecule has 2 aromatic heterocycles. The second kappa shape index (κ2) is 6.78. The van der Waals surface area contributed by atoms with Crippen molar-refractivity contribution in [2.24, 2.45) is 5.92 Å². The molecule has 2 aliphatic rings. The molecule has 6 nitrogen and oxygen atoms in total. The lowest BCUT2D eigenvalue weighted by Crippen LogP contribution is -2.32. The molecule has 0 unspecified atom stereocenters. The zero-order valence-electron chi connectivity index (χ0n) is 14.8. The van der Waals surface area contributed by atoms with Crippen molar-refractivity contribution in [3.8, 4) is 0 Å². The third-order valence-corrected chi connectivity index (χ3v) is 6.38. The number of fused-ring (bicyclic) bond motifs is 1. The number of rotatable bonds is 6. The number of nitrogens with one attached hydrogen (secondary N) is 2. The van der Waals surface area contributed by atoms with E-state index in [0.29, 0.717) is 18.5 Å². The lowest BCUT2D eigenvalue weighted by Gasteiger charge is -2.16. The summed E-state index contributed by atoms with van der Waals surface area (Å²) in [6, 6.07) is 0.165. The molecule has 1 saturated carbocycles. The van der Waals surface area contributed by atoms with Crippen LogP contribution in [0.15, 0.2) is 6.20 Å². The van der Waals surface area contributed by atoms with Gasteiger partial charge in [-0.25, -0.2) is 14.5 Å². The van der Waals surface area contributed by atoms with Gasteiger partial charge in [0, 0.05) is 23.4 Å². The maximum absolute atomic E-state index is 12.3. The zero-order chi connectivity index (χ0) is 17.4. The van der Waals surface area contributed by atoms with Crippen LogP contribution in [0.5, 0.6) is 0 Å². The van der Waals surface area contributed by atoms with E-state index in [1.165, 1.54) is 36.3 Å². The molecule has 2 aromatic rings. The van der Waals surface area contributed by atoms with Crippen LogP contribution >= 0.6 is 11.3 Å². The Labute approximate surface area is 152 Å². The molecule has 2 amide bonds. The predicted octanol–water partition coefficient (Wildman–Crippen LogP) is 3.47. The Balaban J connectivity index is 1.30. The van der Waals surface area contributed by atoms with Crippen LogP contribution < -0.4 is 10.6 Å². The Bertz CT molecular complexity index is 755. The van der Waals surface area contributed by atoms with Crippen LogP contribution in [0.1, 0.15) is 53.4 Å². The number of aromatic nitrogens is 3. The van der Waals surface area contributed by atoms with Crippen molar-refractivity contribution >= 4 is 23.2 Å². The molecule has 0 radical (unpaired) electrons. The van der Waals surface area contributed by atoms with Gasteiger partial charge in [0.05, 0.1) is 22.9 Å². The van der Waals surface area contributed by atoms with E-state index in [0.717, 1.165) is 29.2 Å². The van der Waals surface area contributed by atoms with E-state index in [1.54, 1.807) is 11.3 Å². The maximum atomic E-state index is 12.3. The Morgan fingerprint density at radius 3 is 3.04 bits per heavy atom. The van der Waals surface area contributed by atoms with Gasteiger partial charge < -0.3 is 5.32 Å². The number of anilines is 1. The Morgan fingerprint density at radius 2 is 2.28 bits per heavy atom. The summed E-state index contributed by atoms with van der Waals surface area (Å²) >= 11 is 1.80. The van der Waals surface area contributed by atoms with Gasteiger partial charge in [0.15, 0.2) is 0 Å². The smallest absolute Gasteiger partial charge is 0.320 e. The van der Waals surface area contributed by atoms with Crippen molar-refractivity contribution in [1.82, 2.24) is 20.1 Å². The number of hydrogen-bond donors (Lipinski definition) is 2. The first-order valence-electron chi connectivity index (χ1n) is 9.18. The van der Waals surface area contributed by atoms with E-state index < -0.39 is 0 Å². The highest BCUT2D eigenvalue weighted by atomic mass is 32.1. The van der Waals surface area contributed by atoms with Gasteiger partial charge in [0.25, 0.3) is 0 Å². The van der Waals surface area contributed by atoms with Gasteiger partial charge >= 0.3 is 6.03 Å². The fourth-order valence-corrected chi connectivity index (χ4v) is 4.63. The van der Waals surface area contributed by atoms with E-state index in [2.05, 4.69) is 27.6 Å². The molecule has 0 saturated heterocycles. The third kappa shape index (κ3) is 3.56. The summed E-state index contributed by atoms with van der Waals surface area (Å²) in [7, 11) is 0.